The molecular formula is C19H20N2O5. The number of carbonyl (C=O) groups is 4. The van der Waals surface area contributed by atoms with E-state index in [0.29, 0.717) is 25.1 Å². The molecule has 2 N–H and O–H groups in total. The number of unbranched alkanes of at least 4 members (excludes halogenated alkanes) is 2. The molecule has 26 heavy (non-hydrogen) atoms. The van der Waals surface area contributed by atoms with Crippen molar-refractivity contribution in [1.82, 2.24) is 10.6 Å². The molecule has 1 heterocycles. The third-order valence-electron chi connectivity index (χ3n) is 3.92. The van der Waals surface area contributed by atoms with E-state index < -0.39 is 17.9 Å². The first kappa shape index (κ1) is 19.2. The molecule has 0 aromatic heterocycles. The fourth-order valence-corrected chi connectivity index (χ4v) is 2.52. The van der Waals surface area contributed by atoms with Crippen LogP contribution in [0.15, 0.2) is 18.2 Å². The quantitative estimate of drug-likeness (QED) is 0.316. The van der Waals surface area contributed by atoms with Crippen LogP contribution < -0.4 is 15.4 Å². The predicted molar refractivity (Wildman–Crippen MR) is 93.6 cm³/mol. The van der Waals surface area contributed by atoms with Crippen molar-refractivity contribution in [3.8, 4) is 18.1 Å². The number of nitrogens with one attached hydrogen (secondary N) is 2. The number of aldehydes is 1. The molecule has 0 aliphatic carbocycles. The van der Waals surface area contributed by atoms with Gasteiger partial charge in [0.2, 0.25) is 11.8 Å². The van der Waals surface area contributed by atoms with Crippen molar-refractivity contribution in [2.24, 2.45) is 0 Å². The molecule has 0 saturated carbocycles. The maximum Gasteiger partial charge on any atom is 0.252 e. The lowest BCUT2D eigenvalue weighted by Gasteiger charge is -2.22. The highest BCUT2D eigenvalue weighted by Crippen LogP contribution is 2.18. The fourth-order valence-electron chi connectivity index (χ4n) is 2.52. The summed E-state index contributed by atoms with van der Waals surface area (Å²) in [7, 11) is 0. The Kier molecular flexibility index (Phi) is 6.92. The summed E-state index contributed by atoms with van der Waals surface area (Å²) in [6, 6.07) is 3.75. The van der Waals surface area contributed by atoms with Crippen LogP contribution in [0.5, 0.6) is 5.75 Å². The number of hydrogen-bond donors (Lipinski definition) is 2. The van der Waals surface area contributed by atoms with E-state index in [2.05, 4.69) is 16.6 Å². The van der Waals surface area contributed by atoms with Gasteiger partial charge in [0, 0.05) is 18.4 Å². The molecule has 1 aromatic carbocycles. The zero-order valence-corrected chi connectivity index (χ0v) is 14.2. The van der Waals surface area contributed by atoms with Crippen LogP contribution in [0.1, 0.15) is 52.8 Å². The first-order valence-corrected chi connectivity index (χ1v) is 8.35. The Labute approximate surface area is 151 Å². The average Bonchev–Trinajstić information content (AvgIpc) is 2.63. The van der Waals surface area contributed by atoms with Crippen LogP contribution in [0, 0.1) is 12.3 Å². The van der Waals surface area contributed by atoms with E-state index in [1.54, 1.807) is 6.07 Å². The number of terminal acetylenes is 1. The number of hydrogen-bond acceptors (Lipinski definition) is 5. The molecule has 0 spiro atoms. The fraction of sp³-hybridized carbons (Fsp3) is 0.368. The monoisotopic (exact) mass is 356 g/mol. The number of ether oxygens (including phenoxy) is 1. The number of amides is 3. The van der Waals surface area contributed by atoms with Gasteiger partial charge in [-0.15, -0.1) is 12.3 Å². The SMILES string of the molecule is C#CCCCCOc1ccc(C(=O)NC2CCC(=O)NC2=O)c(C=O)c1. The van der Waals surface area contributed by atoms with Gasteiger partial charge >= 0.3 is 0 Å². The summed E-state index contributed by atoms with van der Waals surface area (Å²) in [6.07, 6.45) is 8.45. The number of piperidine rings is 1. The Morgan fingerprint density at radius 3 is 2.88 bits per heavy atom. The van der Waals surface area contributed by atoms with Crippen molar-refractivity contribution in [3.63, 3.8) is 0 Å². The smallest absolute Gasteiger partial charge is 0.252 e. The highest BCUT2D eigenvalue weighted by Gasteiger charge is 2.28. The van der Waals surface area contributed by atoms with Crippen molar-refractivity contribution < 1.29 is 23.9 Å². The molecule has 1 aromatic rings. The Bertz CT molecular complexity index is 751. The van der Waals surface area contributed by atoms with Gasteiger partial charge in [0.1, 0.15) is 11.8 Å². The van der Waals surface area contributed by atoms with Crippen LogP contribution in [0.4, 0.5) is 0 Å². The summed E-state index contributed by atoms with van der Waals surface area (Å²) in [5.41, 5.74) is 0.306. The van der Waals surface area contributed by atoms with Crippen molar-refractivity contribution in [2.75, 3.05) is 6.61 Å². The van der Waals surface area contributed by atoms with Crippen molar-refractivity contribution in [1.29, 1.82) is 0 Å². The predicted octanol–water partition coefficient (Wildman–Crippen LogP) is 1.22. The number of imide groups is 1. The minimum Gasteiger partial charge on any atom is -0.494 e. The number of rotatable bonds is 8. The van der Waals surface area contributed by atoms with Crippen molar-refractivity contribution in [3.05, 3.63) is 29.3 Å². The summed E-state index contributed by atoms with van der Waals surface area (Å²) in [5, 5.41) is 4.71. The first-order valence-electron chi connectivity index (χ1n) is 8.35. The first-order chi connectivity index (χ1) is 12.5. The molecule has 1 aliphatic rings. The molecular weight excluding hydrogens is 336 g/mol. The molecule has 0 bridgehead atoms. The van der Waals surface area contributed by atoms with Crippen LogP contribution in [0.3, 0.4) is 0 Å². The summed E-state index contributed by atoms with van der Waals surface area (Å²) in [5.74, 6) is 1.56. The Morgan fingerprint density at radius 1 is 1.38 bits per heavy atom. The molecule has 1 fully saturated rings. The van der Waals surface area contributed by atoms with Gasteiger partial charge in [0.05, 0.1) is 12.2 Å². The third-order valence-corrected chi connectivity index (χ3v) is 3.92. The average molecular weight is 356 g/mol. The molecule has 1 saturated heterocycles. The molecule has 1 unspecified atom stereocenters. The van der Waals surface area contributed by atoms with Crippen molar-refractivity contribution in [2.45, 2.75) is 38.1 Å². The number of carbonyl (C=O) groups excluding carboxylic acids is 4. The van der Waals surface area contributed by atoms with Crippen LogP contribution in [-0.2, 0) is 9.59 Å². The van der Waals surface area contributed by atoms with Gasteiger partial charge in [-0.3, -0.25) is 24.5 Å². The highest BCUT2D eigenvalue weighted by atomic mass is 16.5. The standard InChI is InChI=1S/C19H20N2O5/c1-2-3-4-5-10-26-14-6-7-15(13(11-14)12-22)18(24)20-16-8-9-17(23)21-19(16)25/h1,6-7,11-12,16H,3-5,8-10H2,(H,20,24)(H,21,23,25). The Balaban J connectivity index is 1.99. The molecule has 3 amide bonds. The normalized spacial score (nSPS) is 16.3. The summed E-state index contributed by atoms with van der Waals surface area (Å²) in [6.45, 7) is 0.460. The Hall–Kier alpha value is -3.14. The minimum absolute atomic E-state index is 0.143. The maximum absolute atomic E-state index is 12.4. The molecule has 7 heteroatoms. The van der Waals surface area contributed by atoms with Gasteiger partial charge in [-0.2, -0.15) is 0 Å². The summed E-state index contributed by atoms with van der Waals surface area (Å²) >= 11 is 0. The lowest BCUT2D eigenvalue weighted by molar-refractivity contribution is -0.134. The molecule has 1 atom stereocenters. The second-order valence-electron chi connectivity index (χ2n) is 5.85. The largest absolute Gasteiger partial charge is 0.494 e. The summed E-state index contributed by atoms with van der Waals surface area (Å²) in [4.78, 5) is 46.6. The van der Waals surface area contributed by atoms with E-state index in [0.717, 1.165) is 12.8 Å². The molecule has 0 radical (unpaired) electrons. The Morgan fingerprint density at radius 2 is 2.19 bits per heavy atom. The van der Waals surface area contributed by atoms with Gasteiger partial charge in [-0.05, 0) is 37.5 Å². The topological polar surface area (TPSA) is 102 Å². The van der Waals surface area contributed by atoms with Gasteiger partial charge in [-0.25, -0.2) is 0 Å². The van der Waals surface area contributed by atoms with Crippen LogP contribution in [0.2, 0.25) is 0 Å². The van der Waals surface area contributed by atoms with Crippen LogP contribution in [-0.4, -0.2) is 36.7 Å². The maximum atomic E-state index is 12.4. The molecule has 2 rings (SSSR count). The van der Waals surface area contributed by atoms with E-state index in [9.17, 15) is 19.2 Å². The zero-order chi connectivity index (χ0) is 18.9. The van der Waals surface area contributed by atoms with Crippen molar-refractivity contribution >= 4 is 24.0 Å². The van der Waals surface area contributed by atoms with Gasteiger partial charge in [0.15, 0.2) is 6.29 Å². The van der Waals surface area contributed by atoms with Crippen LogP contribution in [0.25, 0.3) is 0 Å². The summed E-state index contributed by atoms with van der Waals surface area (Å²) < 4.78 is 5.55. The highest BCUT2D eigenvalue weighted by molar-refractivity contribution is 6.06. The van der Waals surface area contributed by atoms with Gasteiger partial charge < -0.3 is 10.1 Å². The van der Waals surface area contributed by atoms with E-state index in [-0.39, 0.29) is 29.9 Å². The van der Waals surface area contributed by atoms with Gasteiger partial charge in [0.25, 0.3) is 5.91 Å². The lowest BCUT2D eigenvalue weighted by atomic mass is 10.0. The molecule has 1 aliphatic heterocycles. The van der Waals surface area contributed by atoms with E-state index in [4.69, 9.17) is 11.2 Å². The number of benzene rings is 1. The lowest BCUT2D eigenvalue weighted by Crippen LogP contribution is -2.52. The van der Waals surface area contributed by atoms with E-state index >= 15 is 0 Å². The van der Waals surface area contributed by atoms with E-state index in [1.165, 1.54) is 12.1 Å². The minimum atomic E-state index is -0.799. The van der Waals surface area contributed by atoms with E-state index in [1.807, 2.05) is 0 Å². The molecule has 7 nitrogen and oxygen atoms in total. The zero-order valence-electron chi connectivity index (χ0n) is 14.2. The third kappa shape index (κ3) is 5.18. The van der Waals surface area contributed by atoms with Gasteiger partial charge in [-0.1, -0.05) is 0 Å². The second kappa shape index (κ2) is 9.37. The molecule has 136 valence electrons. The van der Waals surface area contributed by atoms with Crippen LogP contribution >= 0.6 is 0 Å². The second-order valence-corrected chi connectivity index (χ2v) is 5.85.